The number of hydrogen-bond acceptors (Lipinski definition) is 7. The average Bonchev–Trinajstić information content (AvgIpc) is 3.29. The maximum Gasteiger partial charge on any atom is 0.324 e. The number of fused-ring (bicyclic) bond motifs is 1. The van der Waals surface area contributed by atoms with Gasteiger partial charge in [-0.2, -0.15) is 0 Å². The lowest BCUT2D eigenvalue weighted by Crippen LogP contribution is -2.19. The van der Waals surface area contributed by atoms with Gasteiger partial charge in [-0.05, 0) is 24.3 Å². The van der Waals surface area contributed by atoms with Gasteiger partial charge < -0.3 is 24.1 Å². The maximum absolute atomic E-state index is 14.8. The van der Waals surface area contributed by atoms with Crippen molar-refractivity contribution in [3.63, 3.8) is 0 Å². The summed E-state index contributed by atoms with van der Waals surface area (Å²) in [5.74, 6) is 1.59. The number of nitrogens with zero attached hydrogens (tertiary/aromatic N) is 2. The molecule has 2 aromatic heterocycles. The second-order valence-corrected chi connectivity index (χ2v) is 8.69. The largest absolute Gasteiger partial charge is 0.493 e. The quantitative estimate of drug-likeness (QED) is 0.343. The number of carbonyl (C=O) groups excluding carboxylic acids is 1. The van der Waals surface area contributed by atoms with Crippen molar-refractivity contribution in [3.8, 4) is 23.0 Å². The second-order valence-electron chi connectivity index (χ2n) is 8.69. The van der Waals surface area contributed by atoms with E-state index in [9.17, 15) is 9.18 Å². The lowest BCUT2D eigenvalue weighted by molar-refractivity contribution is 0.262. The van der Waals surface area contributed by atoms with Crippen LogP contribution in [0.2, 0.25) is 0 Å². The number of hydrogen-bond donors (Lipinski definition) is 2. The number of methoxy groups -OCH3 is 2. The molecule has 4 rings (SSSR count). The van der Waals surface area contributed by atoms with Gasteiger partial charge in [-0.15, -0.1) is 0 Å². The van der Waals surface area contributed by atoms with Crippen molar-refractivity contribution >= 4 is 28.4 Å². The van der Waals surface area contributed by atoms with E-state index in [0.717, 1.165) is 6.07 Å². The number of ether oxygens (including phenoxy) is 3. The van der Waals surface area contributed by atoms with Crippen LogP contribution >= 0.6 is 0 Å². The SMILES string of the molecule is COc1cc2nccc(Oc3ccc(NC(=O)Nc4cc(C(C)(C)C)on4)cc3F)c2cc1OC. The predicted molar refractivity (Wildman–Crippen MR) is 129 cm³/mol. The van der Waals surface area contributed by atoms with E-state index in [0.29, 0.717) is 33.9 Å². The summed E-state index contributed by atoms with van der Waals surface area (Å²) in [6.07, 6.45) is 1.55. The Kier molecular flexibility index (Phi) is 6.46. The highest BCUT2D eigenvalue weighted by atomic mass is 19.1. The number of pyridine rings is 1. The molecule has 0 fully saturated rings. The summed E-state index contributed by atoms with van der Waals surface area (Å²) in [5, 5.41) is 9.57. The fourth-order valence-corrected chi connectivity index (χ4v) is 3.28. The Hall–Kier alpha value is -4.34. The molecule has 0 saturated heterocycles. The highest BCUT2D eigenvalue weighted by Crippen LogP contribution is 2.37. The summed E-state index contributed by atoms with van der Waals surface area (Å²) in [7, 11) is 3.05. The first kappa shape index (κ1) is 23.8. The first-order valence-corrected chi connectivity index (χ1v) is 10.7. The van der Waals surface area contributed by atoms with Crippen molar-refractivity contribution < 1.29 is 27.9 Å². The minimum absolute atomic E-state index is 0.0236. The Morgan fingerprint density at radius 2 is 1.69 bits per heavy atom. The van der Waals surface area contributed by atoms with E-state index in [1.165, 1.54) is 26.4 Å². The summed E-state index contributed by atoms with van der Waals surface area (Å²) in [6, 6.07) is 10.2. The molecule has 0 bridgehead atoms. The molecule has 182 valence electrons. The monoisotopic (exact) mass is 480 g/mol. The van der Waals surface area contributed by atoms with E-state index in [4.69, 9.17) is 18.7 Å². The zero-order chi connectivity index (χ0) is 25.2. The highest BCUT2D eigenvalue weighted by Gasteiger charge is 2.20. The molecule has 2 N–H and O–H groups in total. The summed E-state index contributed by atoms with van der Waals surface area (Å²) in [5.41, 5.74) is 0.579. The van der Waals surface area contributed by atoms with Gasteiger partial charge in [0.2, 0.25) is 0 Å². The molecule has 9 nitrogen and oxygen atoms in total. The molecule has 2 heterocycles. The molecular weight excluding hydrogens is 455 g/mol. The molecule has 2 amide bonds. The van der Waals surface area contributed by atoms with Crippen LogP contribution in [0.5, 0.6) is 23.0 Å². The van der Waals surface area contributed by atoms with Crippen molar-refractivity contribution in [1.82, 2.24) is 10.1 Å². The third-order valence-electron chi connectivity index (χ3n) is 5.11. The minimum Gasteiger partial charge on any atom is -0.493 e. The number of rotatable bonds is 6. The van der Waals surface area contributed by atoms with Crippen LogP contribution in [0.15, 0.2) is 53.2 Å². The maximum atomic E-state index is 14.8. The van der Waals surface area contributed by atoms with E-state index in [-0.39, 0.29) is 22.7 Å². The van der Waals surface area contributed by atoms with Crippen LogP contribution in [0.4, 0.5) is 20.7 Å². The van der Waals surface area contributed by atoms with E-state index >= 15 is 0 Å². The van der Waals surface area contributed by atoms with E-state index in [1.807, 2.05) is 20.8 Å². The minimum atomic E-state index is -0.662. The zero-order valence-electron chi connectivity index (χ0n) is 19.9. The van der Waals surface area contributed by atoms with Gasteiger partial charge in [-0.3, -0.25) is 10.3 Å². The number of anilines is 2. The van der Waals surface area contributed by atoms with Crippen LogP contribution in [0.25, 0.3) is 10.9 Å². The van der Waals surface area contributed by atoms with Gasteiger partial charge in [0.1, 0.15) is 11.5 Å². The Morgan fingerprint density at radius 3 is 2.34 bits per heavy atom. The zero-order valence-corrected chi connectivity index (χ0v) is 19.9. The summed E-state index contributed by atoms with van der Waals surface area (Å²) in [6.45, 7) is 5.89. The van der Waals surface area contributed by atoms with Crippen LogP contribution in [0, 0.1) is 5.82 Å². The lowest BCUT2D eigenvalue weighted by Gasteiger charge is -2.13. The molecule has 0 aliphatic carbocycles. The molecule has 0 radical (unpaired) electrons. The van der Waals surface area contributed by atoms with Gasteiger partial charge in [-0.25, -0.2) is 9.18 Å². The average molecular weight is 480 g/mol. The molecular formula is C25H25FN4O5. The second kappa shape index (κ2) is 9.49. The molecule has 10 heteroatoms. The standard InChI is InChI=1S/C25H25FN4O5/c1-25(2,3)22-13-23(30-35-22)29-24(31)28-14-6-7-19(16(26)10-14)34-18-8-9-27-17-12-21(33-5)20(32-4)11-15(17)18/h6-13H,1-5H3,(H2,28,29,30,31). The number of halogens is 1. The summed E-state index contributed by atoms with van der Waals surface area (Å²) >= 11 is 0. The molecule has 0 unspecified atom stereocenters. The normalized spacial score (nSPS) is 11.3. The third kappa shape index (κ3) is 5.26. The van der Waals surface area contributed by atoms with E-state index in [2.05, 4.69) is 20.8 Å². The van der Waals surface area contributed by atoms with Gasteiger partial charge >= 0.3 is 6.03 Å². The number of amides is 2. The Bertz CT molecular complexity index is 1380. The van der Waals surface area contributed by atoms with Crippen molar-refractivity contribution in [2.75, 3.05) is 24.9 Å². The van der Waals surface area contributed by atoms with E-state index < -0.39 is 11.8 Å². The van der Waals surface area contributed by atoms with Crippen LogP contribution in [-0.4, -0.2) is 30.4 Å². The summed E-state index contributed by atoms with van der Waals surface area (Å²) in [4.78, 5) is 16.6. The van der Waals surface area contributed by atoms with Gasteiger partial charge in [0.25, 0.3) is 0 Å². The van der Waals surface area contributed by atoms with Crippen LogP contribution < -0.4 is 24.8 Å². The highest BCUT2D eigenvalue weighted by molar-refractivity contribution is 5.99. The van der Waals surface area contributed by atoms with Gasteiger partial charge in [0, 0.05) is 40.9 Å². The third-order valence-corrected chi connectivity index (χ3v) is 5.11. The van der Waals surface area contributed by atoms with Gasteiger partial charge in [0.05, 0.1) is 19.7 Å². The molecule has 0 aliphatic heterocycles. The first-order chi connectivity index (χ1) is 16.7. The fraction of sp³-hybridized carbons (Fsp3) is 0.240. The number of nitrogens with one attached hydrogen (secondary N) is 2. The van der Waals surface area contributed by atoms with Crippen molar-refractivity contribution in [3.05, 3.63) is 60.2 Å². The van der Waals surface area contributed by atoms with Gasteiger partial charge in [-0.1, -0.05) is 25.9 Å². The number of aromatic nitrogens is 2. The number of benzene rings is 2. The topological polar surface area (TPSA) is 108 Å². The van der Waals surface area contributed by atoms with Crippen molar-refractivity contribution in [2.45, 2.75) is 26.2 Å². The van der Waals surface area contributed by atoms with Crippen LogP contribution in [-0.2, 0) is 5.41 Å². The lowest BCUT2D eigenvalue weighted by atomic mass is 9.93. The molecule has 35 heavy (non-hydrogen) atoms. The van der Waals surface area contributed by atoms with Crippen molar-refractivity contribution in [1.29, 1.82) is 0 Å². The van der Waals surface area contributed by atoms with Crippen LogP contribution in [0.1, 0.15) is 26.5 Å². The Balaban J connectivity index is 1.49. The molecule has 0 atom stereocenters. The molecule has 0 aliphatic rings. The van der Waals surface area contributed by atoms with Crippen LogP contribution in [0.3, 0.4) is 0 Å². The summed E-state index contributed by atoms with van der Waals surface area (Å²) < 4.78 is 36.5. The first-order valence-electron chi connectivity index (χ1n) is 10.7. The predicted octanol–water partition coefficient (Wildman–Crippen LogP) is 6.11. The molecule has 2 aromatic carbocycles. The Labute approximate surface area is 201 Å². The van der Waals surface area contributed by atoms with Crippen molar-refractivity contribution in [2.24, 2.45) is 0 Å². The van der Waals surface area contributed by atoms with E-state index in [1.54, 1.807) is 30.5 Å². The molecule has 0 spiro atoms. The molecule has 0 saturated carbocycles. The smallest absolute Gasteiger partial charge is 0.324 e. The number of urea groups is 1. The number of carbonyl (C=O) groups is 1. The van der Waals surface area contributed by atoms with Gasteiger partial charge in [0.15, 0.2) is 28.9 Å². The fourth-order valence-electron chi connectivity index (χ4n) is 3.28. The Morgan fingerprint density at radius 1 is 0.943 bits per heavy atom. The molecule has 4 aromatic rings.